The first-order chi connectivity index (χ1) is 19.3. The molecule has 0 unspecified atom stereocenters. The molecule has 1 aliphatic carbocycles. The van der Waals surface area contributed by atoms with E-state index in [-0.39, 0.29) is 17.7 Å². The summed E-state index contributed by atoms with van der Waals surface area (Å²) in [6, 6.07) is 18.5. The summed E-state index contributed by atoms with van der Waals surface area (Å²) in [4.78, 5) is 4.80. The minimum atomic E-state index is -3.67. The van der Waals surface area contributed by atoms with Gasteiger partial charge in [0, 0.05) is 42.7 Å². The molecule has 0 bridgehead atoms. The quantitative estimate of drug-likeness (QED) is 0.483. The molecule has 2 aromatic rings. The van der Waals surface area contributed by atoms with Gasteiger partial charge in [-0.1, -0.05) is 25.1 Å². The zero-order chi connectivity index (χ0) is 28.3. The maximum atomic E-state index is 14.5. The number of likely N-dealkylation sites (tertiary alicyclic amines) is 1. The summed E-state index contributed by atoms with van der Waals surface area (Å²) < 4.78 is 42.1. The second-order valence-electron chi connectivity index (χ2n) is 11.5. The lowest BCUT2D eigenvalue weighted by Gasteiger charge is -2.48. The van der Waals surface area contributed by atoms with Crippen molar-refractivity contribution in [3.05, 3.63) is 77.5 Å². The molecule has 3 atom stereocenters. The average Bonchev–Trinajstić information content (AvgIpc) is 3.40. The SMILES string of the molecule is C=CS(=O)(=O)N[C@H]1CCC[C@@H]1[C@](C#N)(c1cccc(F)c1)C1CCN(CC2CN(c3ccc(C#N)cc3)C2)CC1. The van der Waals surface area contributed by atoms with Crippen LogP contribution in [0.1, 0.15) is 43.2 Å². The molecule has 2 aromatic carbocycles. The van der Waals surface area contributed by atoms with Crippen molar-refractivity contribution in [2.75, 3.05) is 37.6 Å². The highest BCUT2D eigenvalue weighted by molar-refractivity contribution is 7.92. The minimum absolute atomic E-state index is 0.00840. The number of anilines is 1. The van der Waals surface area contributed by atoms with Gasteiger partial charge in [0.15, 0.2) is 0 Å². The molecule has 40 heavy (non-hydrogen) atoms. The molecule has 3 fully saturated rings. The van der Waals surface area contributed by atoms with Crippen LogP contribution in [-0.4, -0.2) is 52.1 Å². The maximum Gasteiger partial charge on any atom is 0.233 e. The molecule has 0 spiro atoms. The third-order valence-electron chi connectivity index (χ3n) is 9.19. The van der Waals surface area contributed by atoms with Crippen molar-refractivity contribution < 1.29 is 12.8 Å². The van der Waals surface area contributed by atoms with Crippen LogP contribution in [-0.2, 0) is 15.4 Å². The summed E-state index contributed by atoms with van der Waals surface area (Å²) in [6.45, 7) is 8.08. The minimum Gasteiger partial charge on any atom is -0.371 e. The van der Waals surface area contributed by atoms with Crippen molar-refractivity contribution >= 4 is 15.7 Å². The van der Waals surface area contributed by atoms with Gasteiger partial charge in [-0.3, -0.25) is 0 Å². The average molecular weight is 562 g/mol. The molecule has 3 aliphatic rings. The Bertz CT molecular complexity index is 1400. The predicted octanol–water partition coefficient (Wildman–Crippen LogP) is 4.54. The van der Waals surface area contributed by atoms with E-state index in [4.69, 9.17) is 5.26 Å². The Morgan fingerprint density at radius 3 is 2.42 bits per heavy atom. The summed E-state index contributed by atoms with van der Waals surface area (Å²) in [6.07, 6.45) is 3.76. The molecule has 0 aromatic heterocycles. The van der Waals surface area contributed by atoms with E-state index >= 15 is 0 Å². The van der Waals surface area contributed by atoms with Gasteiger partial charge in [-0.05, 0) is 92.6 Å². The Morgan fingerprint density at radius 1 is 1.07 bits per heavy atom. The van der Waals surface area contributed by atoms with E-state index in [2.05, 4.69) is 33.2 Å². The number of piperidine rings is 1. The number of hydrogen-bond donors (Lipinski definition) is 1. The predicted molar refractivity (Wildman–Crippen MR) is 153 cm³/mol. The third-order valence-corrected chi connectivity index (χ3v) is 10.3. The van der Waals surface area contributed by atoms with E-state index in [1.807, 2.05) is 30.3 Å². The highest BCUT2D eigenvalue weighted by Crippen LogP contribution is 2.50. The van der Waals surface area contributed by atoms with Gasteiger partial charge in [0.25, 0.3) is 0 Å². The second kappa shape index (κ2) is 11.7. The molecule has 210 valence electrons. The fraction of sp³-hybridized carbons (Fsp3) is 0.484. The standard InChI is InChI=1S/C31H36FN5O2S/c1-2-40(38,39)35-30-8-4-7-29(30)31(22-34,26-5-3-6-27(32)17-26)25-13-15-36(16-14-25)19-24-20-37(21-24)28-11-9-23(18-33)10-12-28/h2-3,5-6,9-12,17,24-25,29-30,35H,1,4,7-8,13-16,19-21H2/t29-,30-,31-/m0/s1. The number of sulfonamides is 1. The van der Waals surface area contributed by atoms with Crippen molar-refractivity contribution in [1.29, 1.82) is 10.5 Å². The van der Waals surface area contributed by atoms with Gasteiger partial charge in [-0.2, -0.15) is 10.5 Å². The maximum absolute atomic E-state index is 14.5. The number of nitrogens with zero attached hydrogens (tertiary/aromatic N) is 4. The summed E-state index contributed by atoms with van der Waals surface area (Å²) in [7, 11) is -3.67. The molecule has 2 saturated heterocycles. The third kappa shape index (κ3) is 5.65. The highest BCUT2D eigenvalue weighted by atomic mass is 32.2. The Morgan fingerprint density at radius 2 is 1.80 bits per heavy atom. The van der Waals surface area contributed by atoms with E-state index in [1.165, 1.54) is 12.1 Å². The number of nitriles is 2. The first-order valence-electron chi connectivity index (χ1n) is 14.1. The number of hydrogen-bond acceptors (Lipinski definition) is 6. The van der Waals surface area contributed by atoms with Gasteiger partial charge in [0.05, 0.1) is 23.1 Å². The smallest absolute Gasteiger partial charge is 0.233 e. The molecule has 5 rings (SSSR count). The van der Waals surface area contributed by atoms with Crippen molar-refractivity contribution in [3.8, 4) is 12.1 Å². The summed E-state index contributed by atoms with van der Waals surface area (Å²) in [5.74, 6) is -0.0830. The lowest BCUT2D eigenvalue weighted by Crippen LogP contribution is -2.55. The van der Waals surface area contributed by atoms with Gasteiger partial charge < -0.3 is 9.80 Å². The van der Waals surface area contributed by atoms with Crippen LogP contribution in [0.15, 0.2) is 60.5 Å². The van der Waals surface area contributed by atoms with Crippen LogP contribution in [0.4, 0.5) is 10.1 Å². The topological polar surface area (TPSA) is 100 Å². The van der Waals surface area contributed by atoms with Gasteiger partial charge in [-0.25, -0.2) is 17.5 Å². The number of nitrogens with one attached hydrogen (secondary N) is 1. The summed E-state index contributed by atoms with van der Waals surface area (Å²) in [5.41, 5.74) is 1.47. The molecule has 1 saturated carbocycles. The molecule has 2 heterocycles. The van der Waals surface area contributed by atoms with Crippen LogP contribution in [0, 0.1) is 46.2 Å². The number of benzene rings is 2. The highest BCUT2D eigenvalue weighted by Gasteiger charge is 2.53. The molecule has 2 aliphatic heterocycles. The Kier molecular flexibility index (Phi) is 8.28. The molecule has 9 heteroatoms. The molecule has 0 amide bonds. The Hall–Kier alpha value is -3.24. The largest absolute Gasteiger partial charge is 0.371 e. The van der Waals surface area contributed by atoms with Crippen LogP contribution in [0.5, 0.6) is 0 Å². The van der Waals surface area contributed by atoms with E-state index < -0.39 is 21.5 Å². The Balaban J connectivity index is 1.28. The molecule has 7 nitrogen and oxygen atoms in total. The summed E-state index contributed by atoms with van der Waals surface area (Å²) in [5, 5.41) is 20.8. The van der Waals surface area contributed by atoms with Crippen molar-refractivity contribution in [1.82, 2.24) is 9.62 Å². The Labute approximate surface area is 236 Å². The summed E-state index contributed by atoms with van der Waals surface area (Å²) >= 11 is 0. The van der Waals surface area contributed by atoms with E-state index in [9.17, 15) is 18.1 Å². The molecule has 0 radical (unpaired) electrons. The normalized spacial score (nSPS) is 24.0. The monoisotopic (exact) mass is 561 g/mol. The van der Waals surface area contributed by atoms with Crippen molar-refractivity contribution in [3.63, 3.8) is 0 Å². The van der Waals surface area contributed by atoms with Gasteiger partial charge in [0.1, 0.15) is 5.82 Å². The lowest BCUT2D eigenvalue weighted by molar-refractivity contribution is 0.0978. The van der Waals surface area contributed by atoms with Gasteiger partial charge in [0.2, 0.25) is 10.0 Å². The van der Waals surface area contributed by atoms with E-state index in [1.54, 1.807) is 6.07 Å². The van der Waals surface area contributed by atoms with Crippen LogP contribution < -0.4 is 9.62 Å². The van der Waals surface area contributed by atoms with Gasteiger partial charge >= 0.3 is 0 Å². The molecular weight excluding hydrogens is 525 g/mol. The van der Waals surface area contributed by atoms with Crippen LogP contribution in [0.3, 0.4) is 0 Å². The second-order valence-corrected chi connectivity index (χ2v) is 13.1. The van der Waals surface area contributed by atoms with Crippen LogP contribution in [0.2, 0.25) is 0 Å². The molecule has 1 N–H and O–H groups in total. The van der Waals surface area contributed by atoms with E-state index in [0.717, 1.165) is 63.1 Å². The van der Waals surface area contributed by atoms with E-state index in [0.29, 0.717) is 29.9 Å². The first-order valence-corrected chi connectivity index (χ1v) is 15.6. The fourth-order valence-electron chi connectivity index (χ4n) is 7.22. The zero-order valence-corrected chi connectivity index (χ0v) is 23.5. The first kappa shape index (κ1) is 28.3. The van der Waals surface area contributed by atoms with Crippen LogP contribution >= 0.6 is 0 Å². The van der Waals surface area contributed by atoms with Crippen LogP contribution in [0.25, 0.3) is 0 Å². The van der Waals surface area contributed by atoms with Crippen molar-refractivity contribution in [2.45, 2.75) is 43.6 Å². The zero-order valence-electron chi connectivity index (χ0n) is 22.7. The fourth-order valence-corrected chi connectivity index (χ4v) is 8.02. The lowest BCUT2D eigenvalue weighted by atomic mass is 9.59. The number of halogens is 1. The number of rotatable bonds is 9. The van der Waals surface area contributed by atoms with Crippen molar-refractivity contribution in [2.24, 2.45) is 17.8 Å². The van der Waals surface area contributed by atoms with Gasteiger partial charge in [-0.15, -0.1) is 0 Å². The molecular formula is C31H36FN5O2S.